The van der Waals surface area contributed by atoms with Crippen LogP contribution in [0.15, 0.2) is 66.7 Å². The Morgan fingerprint density at radius 3 is 2.50 bits per heavy atom. The number of hydrogen-bond acceptors (Lipinski definition) is 4. The molecule has 1 aliphatic heterocycles. The molecule has 1 saturated heterocycles. The molecular formula is C25H28N2O3. The third-order valence-corrected chi connectivity index (χ3v) is 5.66. The highest BCUT2D eigenvalue weighted by Gasteiger charge is 2.23. The lowest BCUT2D eigenvalue weighted by Gasteiger charge is -2.35. The van der Waals surface area contributed by atoms with Gasteiger partial charge in [0.25, 0.3) is 0 Å². The van der Waals surface area contributed by atoms with Gasteiger partial charge in [0, 0.05) is 19.6 Å². The number of rotatable bonds is 7. The number of fused-ring (bicyclic) bond motifs is 1. The fraction of sp³-hybridized carbons (Fsp3) is 0.320. The van der Waals surface area contributed by atoms with Crippen LogP contribution in [-0.4, -0.2) is 50.8 Å². The van der Waals surface area contributed by atoms with E-state index in [0.29, 0.717) is 13.0 Å². The van der Waals surface area contributed by atoms with E-state index in [1.165, 1.54) is 10.9 Å². The van der Waals surface area contributed by atoms with E-state index in [2.05, 4.69) is 46.6 Å². The van der Waals surface area contributed by atoms with Crippen LogP contribution in [0.25, 0.3) is 10.8 Å². The summed E-state index contributed by atoms with van der Waals surface area (Å²) in [6.07, 6.45) is 0.378. The van der Waals surface area contributed by atoms with Crippen LogP contribution in [0.2, 0.25) is 0 Å². The molecular weight excluding hydrogens is 376 g/mol. The summed E-state index contributed by atoms with van der Waals surface area (Å²) in [5.74, 6) is 0.872. The van der Waals surface area contributed by atoms with Crippen molar-refractivity contribution >= 4 is 16.7 Å². The molecule has 156 valence electrons. The van der Waals surface area contributed by atoms with Crippen molar-refractivity contribution in [1.29, 1.82) is 0 Å². The fourth-order valence-corrected chi connectivity index (χ4v) is 3.98. The monoisotopic (exact) mass is 404 g/mol. The number of methoxy groups -OCH3 is 1. The lowest BCUT2D eigenvalue weighted by molar-refractivity contribution is -0.120. The summed E-state index contributed by atoms with van der Waals surface area (Å²) in [6.45, 7) is 3.72. The van der Waals surface area contributed by atoms with E-state index in [1.807, 2.05) is 30.3 Å². The summed E-state index contributed by atoms with van der Waals surface area (Å²) in [4.78, 5) is 15.1. The minimum atomic E-state index is 0.0389. The minimum absolute atomic E-state index is 0.0389. The Morgan fingerprint density at radius 2 is 1.77 bits per heavy atom. The van der Waals surface area contributed by atoms with Crippen molar-refractivity contribution in [3.63, 3.8) is 0 Å². The van der Waals surface area contributed by atoms with E-state index in [1.54, 1.807) is 7.11 Å². The van der Waals surface area contributed by atoms with Crippen molar-refractivity contribution in [2.45, 2.75) is 12.5 Å². The van der Waals surface area contributed by atoms with Gasteiger partial charge in [0.05, 0.1) is 32.8 Å². The van der Waals surface area contributed by atoms with Gasteiger partial charge in [0.15, 0.2) is 0 Å². The van der Waals surface area contributed by atoms with Gasteiger partial charge in [-0.15, -0.1) is 0 Å². The third kappa shape index (κ3) is 4.99. The van der Waals surface area contributed by atoms with E-state index in [4.69, 9.17) is 9.47 Å². The first-order valence-corrected chi connectivity index (χ1v) is 10.4. The Kier molecular flexibility index (Phi) is 6.62. The molecule has 0 aromatic heterocycles. The molecule has 1 aliphatic rings. The Morgan fingerprint density at radius 1 is 1.03 bits per heavy atom. The quantitative estimate of drug-likeness (QED) is 0.654. The van der Waals surface area contributed by atoms with Crippen LogP contribution >= 0.6 is 0 Å². The summed E-state index contributed by atoms with van der Waals surface area (Å²) < 4.78 is 10.8. The topological polar surface area (TPSA) is 50.8 Å². The smallest absolute Gasteiger partial charge is 0.224 e. The molecule has 0 radical (unpaired) electrons. The number of nitrogens with zero attached hydrogens (tertiary/aromatic N) is 1. The zero-order valence-electron chi connectivity index (χ0n) is 17.3. The molecule has 5 heteroatoms. The highest BCUT2D eigenvalue weighted by molar-refractivity contribution is 5.85. The third-order valence-electron chi connectivity index (χ3n) is 5.66. The standard InChI is InChI=1S/C25H28N2O3/c1-29-23-10-8-21(9-11-23)24(27-12-14-30-15-13-27)18-26-25(28)17-19-6-7-20-4-2-3-5-22(20)16-19/h2-11,16,24H,12-15,17-18H2,1H3,(H,26,28)/t24-/m0/s1. The predicted octanol–water partition coefficient (Wildman–Crippen LogP) is 3.58. The number of ether oxygens (including phenoxy) is 2. The van der Waals surface area contributed by atoms with Gasteiger partial charge in [-0.2, -0.15) is 0 Å². The normalized spacial score (nSPS) is 15.6. The van der Waals surface area contributed by atoms with Crippen LogP contribution in [0, 0.1) is 0 Å². The molecule has 5 nitrogen and oxygen atoms in total. The first-order valence-electron chi connectivity index (χ1n) is 10.4. The van der Waals surface area contributed by atoms with Gasteiger partial charge in [0.2, 0.25) is 5.91 Å². The number of hydrogen-bond donors (Lipinski definition) is 1. The average molecular weight is 405 g/mol. The second-order valence-corrected chi connectivity index (χ2v) is 7.60. The molecule has 1 heterocycles. The number of benzene rings is 3. The summed E-state index contributed by atoms with van der Waals surface area (Å²) in [6, 6.07) is 22.6. The Hall–Kier alpha value is -2.89. The number of nitrogens with one attached hydrogen (secondary N) is 1. The number of amides is 1. The molecule has 30 heavy (non-hydrogen) atoms. The van der Waals surface area contributed by atoms with E-state index in [-0.39, 0.29) is 11.9 Å². The minimum Gasteiger partial charge on any atom is -0.497 e. The predicted molar refractivity (Wildman–Crippen MR) is 119 cm³/mol. The SMILES string of the molecule is COc1ccc([C@H](CNC(=O)Cc2ccc3ccccc3c2)N2CCOCC2)cc1. The highest BCUT2D eigenvalue weighted by atomic mass is 16.5. The van der Waals surface area contributed by atoms with E-state index in [9.17, 15) is 4.79 Å². The van der Waals surface area contributed by atoms with Crippen molar-refractivity contribution in [1.82, 2.24) is 10.2 Å². The first kappa shape index (κ1) is 20.4. The fourth-order valence-electron chi connectivity index (χ4n) is 3.98. The maximum absolute atomic E-state index is 12.7. The van der Waals surface area contributed by atoms with Crippen LogP contribution in [-0.2, 0) is 16.0 Å². The van der Waals surface area contributed by atoms with Crippen LogP contribution in [0.3, 0.4) is 0 Å². The van der Waals surface area contributed by atoms with Crippen molar-refractivity contribution < 1.29 is 14.3 Å². The summed E-state index contributed by atoms with van der Waals surface area (Å²) in [5.41, 5.74) is 2.20. The second kappa shape index (κ2) is 9.74. The van der Waals surface area contributed by atoms with Gasteiger partial charge in [0.1, 0.15) is 5.75 Å². The summed E-state index contributed by atoms with van der Waals surface area (Å²) in [5, 5.41) is 5.50. The average Bonchev–Trinajstić information content (AvgIpc) is 2.80. The van der Waals surface area contributed by atoms with Crippen LogP contribution in [0.1, 0.15) is 17.2 Å². The first-order chi connectivity index (χ1) is 14.7. The van der Waals surface area contributed by atoms with E-state index < -0.39 is 0 Å². The van der Waals surface area contributed by atoms with Crippen LogP contribution in [0.4, 0.5) is 0 Å². The molecule has 0 aliphatic carbocycles. The molecule has 1 amide bonds. The number of morpholine rings is 1. The lowest BCUT2D eigenvalue weighted by atomic mass is 10.0. The van der Waals surface area contributed by atoms with Crippen LogP contribution < -0.4 is 10.1 Å². The molecule has 1 atom stereocenters. The Balaban J connectivity index is 1.43. The molecule has 1 fully saturated rings. The molecule has 3 aromatic carbocycles. The molecule has 0 unspecified atom stereocenters. The van der Waals surface area contributed by atoms with Gasteiger partial charge in [-0.25, -0.2) is 0 Å². The Labute approximate surface area is 177 Å². The lowest BCUT2D eigenvalue weighted by Crippen LogP contribution is -2.44. The van der Waals surface area contributed by atoms with Gasteiger partial charge < -0.3 is 14.8 Å². The van der Waals surface area contributed by atoms with Crippen molar-refractivity contribution in [2.75, 3.05) is 40.0 Å². The zero-order valence-corrected chi connectivity index (χ0v) is 17.3. The van der Waals surface area contributed by atoms with Gasteiger partial charge in [-0.1, -0.05) is 54.6 Å². The highest BCUT2D eigenvalue weighted by Crippen LogP contribution is 2.24. The molecule has 4 rings (SSSR count). The molecule has 0 bridgehead atoms. The van der Waals surface area contributed by atoms with Crippen LogP contribution in [0.5, 0.6) is 5.75 Å². The van der Waals surface area contributed by atoms with Gasteiger partial charge in [-0.05, 0) is 34.0 Å². The van der Waals surface area contributed by atoms with E-state index in [0.717, 1.165) is 43.0 Å². The van der Waals surface area contributed by atoms with Crippen molar-refractivity contribution in [3.05, 3.63) is 77.9 Å². The number of carbonyl (C=O) groups excluding carboxylic acids is 1. The van der Waals surface area contributed by atoms with Gasteiger partial charge in [-0.3, -0.25) is 9.69 Å². The maximum Gasteiger partial charge on any atom is 0.224 e. The second-order valence-electron chi connectivity index (χ2n) is 7.60. The molecule has 3 aromatic rings. The Bertz CT molecular complexity index is 981. The van der Waals surface area contributed by atoms with Crippen molar-refractivity contribution in [3.8, 4) is 5.75 Å². The summed E-state index contributed by atoms with van der Waals surface area (Å²) in [7, 11) is 1.67. The molecule has 0 saturated carbocycles. The zero-order chi connectivity index (χ0) is 20.8. The van der Waals surface area contributed by atoms with Gasteiger partial charge >= 0.3 is 0 Å². The largest absolute Gasteiger partial charge is 0.497 e. The molecule has 0 spiro atoms. The van der Waals surface area contributed by atoms with E-state index >= 15 is 0 Å². The summed E-state index contributed by atoms with van der Waals surface area (Å²) >= 11 is 0. The number of carbonyl (C=O) groups is 1. The van der Waals surface area contributed by atoms with Crippen molar-refractivity contribution in [2.24, 2.45) is 0 Å². The maximum atomic E-state index is 12.7. The molecule has 1 N–H and O–H groups in total.